The van der Waals surface area contributed by atoms with E-state index in [2.05, 4.69) is 20.5 Å². The molecule has 7 nitrogen and oxygen atoms in total. The lowest BCUT2D eigenvalue weighted by Crippen LogP contribution is -1.99. The fourth-order valence-electron chi connectivity index (χ4n) is 1.07. The Hall–Kier alpha value is -2.05. The average Bonchev–Trinajstić information content (AvgIpc) is 2.72. The number of aromatic nitrogens is 3. The fraction of sp³-hybridized carbons (Fsp3) is 0.375. The smallest absolute Gasteiger partial charge is 0.317 e. The molecule has 0 unspecified atom stereocenters. The minimum absolute atomic E-state index is 0.0252. The Balaban J connectivity index is 1.99. The van der Waals surface area contributed by atoms with Crippen LogP contribution in [0.15, 0.2) is 8.83 Å². The number of hydrogen-bond acceptors (Lipinski definition) is 7. The summed E-state index contributed by atoms with van der Waals surface area (Å²) >= 11 is 0. The highest BCUT2D eigenvalue weighted by molar-refractivity contribution is 5.22. The highest BCUT2D eigenvalue weighted by atomic mass is 16.4. The second kappa shape index (κ2) is 3.60. The molecule has 2 rings (SSSR count). The van der Waals surface area contributed by atoms with Crippen LogP contribution in [0.3, 0.4) is 0 Å². The molecule has 0 amide bonds. The zero-order chi connectivity index (χ0) is 10.8. The number of nitrogens with zero attached hydrogens (tertiary/aromatic N) is 3. The van der Waals surface area contributed by atoms with Crippen molar-refractivity contribution in [1.82, 2.24) is 15.2 Å². The van der Waals surface area contributed by atoms with Gasteiger partial charge in [-0.25, -0.2) is 4.98 Å². The van der Waals surface area contributed by atoms with Crippen LogP contribution in [0.25, 0.3) is 0 Å². The maximum absolute atomic E-state index is 5.35. The quantitative estimate of drug-likeness (QED) is 0.772. The number of aryl methyl sites for hydroxylation is 2. The van der Waals surface area contributed by atoms with Gasteiger partial charge in [0.25, 0.3) is 0 Å². The van der Waals surface area contributed by atoms with Gasteiger partial charge in [0, 0.05) is 0 Å². The Bertz CT molecular complexity index is 442. The number of nitrogens with one attached hydrogen (secondary N) is 1. The Morgan fingerprint density at radius 3 is 2.60 bits per heavy atom. The molecule has 0 aromatic carbocycles. The minimum atomic E-state index is 0.0252. The van der Waals surface area contributed by atoms with Crippen LogP contribution in [0.2, 0.25) is 0 Å². The molecule has 0 bridgehead atoms. The van der Waals surface area contributed by atoms with Crippen molar-refractivity contribution in [3.8, 4) is 0 Å². The summed E-state index contributed by atoms with van der Waals surface area (Å²) in [6, 6.07) is 0.276. The second-order valence-corrected chi connectivity index (χ2v) is 3.05. The summed E-state index contributed by atoms with van der Waals surface area (Å²) in [6.45, 7) is 4.12. The first-order valence-corrected chi connectivity index (χ1v) is 4.41. The molecular weight excluding hydrogens is 198 g/mol. The molecule has 2 aromatic heterocycles. The van der Waals surface area contributed by atoms with Crippen LogP contribution in [0, 0.1) is 13.8 Å². The van der Waals surface area contributed by atoms with E-state index in [0.717, 1.165) is 11.5 Å². The molecule has 0 saturated carbocycles. The van der Waals surface area contributed by atoms with E-state index in [0.29, 0.717) is 12.4 Å². The van der Waals surface area contributed by atoms with E-state index in [-0.39, 0.29) is 12.0 Å². The molecule has 2 heterocycles. The minimum Gasteiger partial charge on any atom is -0.444 e. The van der Waals surface area contributed by atoms with Crippen LogP contribution < -0.4 is 11.1 Å². The van der Waals surface area contributed by atoms with E-state index in [1.807, 2.05) is 13.8 Å². The van der Waals surface area contributed by atoms with Gasteiger partial charge in [-0.3, -0.25) is 0 Å². The Kier molecular flexibility index (Phi) is 2.28. The SMILES string of the molecule is Cc1nc(CNc2nnc(N)o2)oc1C. The molecule has 0 radical (unpaired) electrons. The van der Waals surface area contributed by atoms with Crippen molar-refractivity contribution in [2.75, 3.05) is 11.1 Å². The molecule has 0 aliphatic carbocycles. The van der Waals surface area contributed by atoms with Crippen LogP contribution >= 0.6 is 0 Å². The van der Waals surface area contributed by atoms with Crippen molar-refractivity contribution >= 4 is 12.0 Å². The first kappa shape index (κ1) is 9.50. The summed E-state index contributed by atoms with van der Waals surface area (Å²) in [5, 5.41) is 9.98. The van der Waals surface area contributed by atoms with E-state index in [1.54, 1.807) is 0 Å². The number of nitrogen functional groups attached to an aromatic ring is 1. The summed E-state index contributed by atoms with van der Waals surface area (Å²) in [7, 11) is 0. The molecule has 0 spiro atoms. The molecule has 15 heavy (non-hydrogen) atoms. The van der Waals surface area contributed by atoms with Gasteiger partial charge in [-0.05, 0) is 13.8 Å². The Morgan fingerprint density at radius 1 is 1.27 bits per heavy atom. The van der Waals surface area contributed by atoms with Crippen LogP contribution in [-0.4, -0.2) is 15.2 Å². The number of hydrogen-bond donors (Lipinski definition) is 2. The molecule has 0 aliphatic heterocycles. The Labute approximate surface area is 85.7 Å². The van der Waals surface area contributed by atoms with Crippen molar-refractivity contribution in [2.45, 2.75) is 20.4 Å². The molecule has 2 aromatic rings. The number of rotatable bonds is 3. The van der Waals surface area contributed by atoms with E-state index in [4.69, 9.17) is 14.6 Å². The predicted octanol–water partition coefficient (Wildman–Crippen LogP) is 0.869. The summed E-state index contributed by atoms with van der Waals surface area (Å²) in [4.78, 5) is 4.18. The summed E-state index contributed by atoms with van der Waals surface area (Å²) in [5.74, 6) is 1.37. The zero-order valence-electron chi connectivity index (χ0n) is 8.44. The van der Waals surface area contributed by atoms with Crippen LogP contribution in [0.4, 0.5) is 12.0 Å². The van der Waals surface area contributed by atoms with Gasteiger partial charge in [-0.2, -0.15) is 0 Å². The van der Waals surface area contributed by atoms with Crippen LogP contribution in [0.1, 0.15) is 17.3 Å². The van der Waals surface area contributed by atoms with Gasteiger partial charge in [0.05, 0.1) is 12.2 Å². The van der Waals surface area contributed by atoms with Gasteiger partial charge in [0.1, 0.15) is 5.76 Å². The summed E-state index contributed by atoms with van der Waals surface area (Å²) in [5.41, 5.74) is 6.13. The van der Waals surface area contributed by atoms with Gasteiger partial charge < -0.3 is 19.9 Å². The van der Waals surface area contributed by atoms with Crippen LogP contribution in [-0.2, 0) is 6.54 Å². The maximum atomic E-state index is 5.35. The van der Waals surface area contributed by atoms with E-state index in [9.17, 15) is 0 Å². The van der Waals surface area contributed by atoms with Crippen molar-refractivity contribution in [3.05, 3.63) is 17.3 Å². The third kappa shape index (κ3) is 2.06. The highest BCUT2D eigenvalue weighted by Crippen LogP contribution is 2.11. The second-order valence-electron chi connectivity index (χ2n) is 3.05. The van der Waals surface area contributed by atoms with Gasteiger partial charge in [0.15, 0.2) is 0 Å². The molecule has 3 N–H and O–H groups in total. The van der Waals surface area contributed by atoms with Crippen molar-refractivity contribution in [1.29, 1.82) is 0 Å². The molecule has 0 atom stereocenters. The lowest BCUT2D eigenvalue weighted by molar-refractivity contribution is 0.474. The normalized spacial score (nSPS) is 10.5. The first-order valence-electron chi connectivity index (χ1n) is 4.41. The lowest BCUT2D eigenvalue weighted by atomic mass is 10.4. The van der Waals surface area contributed by atoms with Crippen LogP contribution in [0.5, 0.6) is 0 Å². The topological polar surface area (TPSA) is 103 Å². The molecule has 0 saturated heterocycles. The molecule has 80 valence electrons. The maximum Gasteiger partial charge on any atom is 0.317 e. The zero-order valence-corrected chi connectivity index (χ0v) is 8.44. The van der Waals surface area contributed by atoms with Crippen molar-refractivity contribution in [2.24, 2.45) is 0 Å². The molecular formula is C8H11N5O2. The number of oxazole rings is 1. The van der Waals surface area contributed by atoms with Crippen molar-refractivity contribution in [3.63, 3.8) is 0 Å². The van der Waals surface area contributed by atoms with Gasteiger partial charge in [-0.1, -0.05) is 10.2 Å². The van der Waals surface area contributed by atoms with Gasteiger partial charge in [0.2, 0.25) is 5.89 Å². The summed E-state index contributed by atoms with van der Waals surface area (Å²) < 4.78 is 10.3. The van der Waals surface area contributed by atoms with E-state index < -0.39 is 0 Å². The van der Waals surface area contributed by atoms with Gasteiger partial charge in [-0.15, -0.1) is 0 Å². The highest BCUT2D eigenvalue weighted by Gasteiger charge is 2.07. The van der Waals surface area contributed by atoms with E-state index in [1.165, 1.54) is 0 Å². The third-order valence-corrected chi connectivity index (χ3v) is 1.90. The third-order valence-electron chi connectivity index (χ3n) is 1.90. The number of nitrogens with two attached hydrogens (primary N) is 1. The first-order chi connectivity index (χ1) is 7.15. The molecule has 0 fully saturated rings. The monoisotopic (exact) mass is 209 g/mol. The van der Waals surface area contributed by atoms with Gasteiger partial charge >= 0.3 is 12.0 Å². The van der Waals surface area contributed by atoms with Crippen molar-refractivity contribution < 1.29 is 8.83 Å². The van der Waals surface area contributed by atoms with E-state index >= 15 is 0 Å². The molecule has 0 aliphatic rings. The largest absolute Gasteiger partial charge is 0.444 e. The number of anilines is 2. The predicted molar refractivity (Wildman–Crippen MR) is 52.0 cm³/mol. The molecule has 7 heteroatoms. The lowest BCUT2D eigenvalue weighted by Gasteiger charge is -1.94. The standard InChI is InChI=1S/C8H11N5O2/c1-4-5(2)14-6(11-4)3-10-8-13-12-7(9)15-8/h3H2,1-2H3,(H2,9,12)(H,10,13). The average molecular weight is 209 g/mol. The Morgan fingerprint density at radius 2 is 2.07 bits per heavy atom. The fourth-order valence-corrected chi connectivity index (χ4v) is 1.07. The summed E-state index contributed by atoms with van der Waals surface area (Å²) in [6.07, 6.45) is 0.